The lowest BCUT2D eigenvalue weighted by atomic mass is 9.84. The van der Waals surface area contributed by atoms with E-state index in [-0.39, 0.29) is 30.7 Å². The van der Waals surface area contributed by atoms with Crippen molar-refractivity contribution in [1.82, 2.24) is 20.1 Å². The van der Waals surface area contributed by atoms with Crippen LogP contribution in [0.25, 0.3) is 22.2 Å². The van der Waals surface area contributed by atoms with Crippen molar-refractivity contribution in [3.05, 3.63) is 65.5 Å². The van der Waals surface area contributed by atoms with Gasteiger partial charge in [0.2, 0.25) is 5.91 Å². The van der Waals surface area contributed by atoms with Crippen molar-refractivity contribution in [1.29, 1.82) is 0 Å². The average molecular weight is 661 g/mol. The first-order chi connectivity index (χ1) is 23.5. The Morgan fingerprint density at radius 2 is 1.83 bits per heavy atom. The molecule has 2 atom stereocenters. The molecule has 1 unspecified atom stereocenters. The first kappa shape index (κ1) is 34.4. The molecule has 2 aromatic carbocycles. The number of piperazine rings is 1. The van der Waals surface area contributed by atoms with E-state index in [1.165, 1.54) is 31.4 Å². The quantitative estimate of drug-likeness (QED) is 0.227. The number of nitrogens with one attached hydrogen (secondary N) is 1. The Morgan fingerprint density at radius 1 is 1.02 bits per heavy atom. The molecule has 2 aliphatic heterocycles. The number of carbonyl (C=O) groups excluding carboxylic acids is 2. The van der Waals surface area contributed by atoms with Gasteiger partial charge in [-0.2, -0.15) is 0 Å². The molecule has 3 heterocycles. The van der Waals surface area contributed by atoms with Crippen LogP contribution in [0.2, 0.25) is 0 Å². The van der Waals surface area contributed by atoms with Gasteiger partial charge in [-0.1, -0.05) is 49.6 Å². The van der Waals surface area contributed by atoms with Gasteiger partial charge < -0.3 is 24.4 Å². The van der Waals surface area contributed by atoms with E-state index in [1.54, 1.807) is 6.07 Å². The van der Waals surface area contributed by atoms with Gasteiger partial charge in [-0.05, 0) is 63.1 Å². The van der Waals surface area contributed by atoms with E-state index in [0.29, 0.717) is 79.6 Å². The van der Waals surface area contributed by atoms with E-state index in [4.69, 9.17) is 19.2 Å². The zero-order valence-corrected chi connectivity index (χ0v) is 28.1. The van der Waals surface area contributed by atoms with Gasteiger partial charge in [0.25, 0.3) is 5.91 Å². The van der Waals surface area contributed by atoms with Crippen molar-refractivity contribution >= 4 is 22.7 Å². The first-order valence-corrected chi connectivity index (χ1v) is 17.8. The molecule has 0 spiro atoms. The smallest absolute Gasteiger partial charge is 0.252 e. The van der Waals surface area contributed by atoms with E-state index in [0.717, 1.165) is 44.3 Å². The highest BCUT2D eigenvalue weighted by Gasteiger charge is 2.30. The van der Waals surface area contributed by atoms with Crippen molar-refractivity contribution < 1.29 is 28.2 Å². The van der Waals surface area contributed by atoms with Crippen molar-refractivity contribution in [2.24, 2.45) is 5.92 Å². The maximum Gasteiger partial charge on any atom is 0.252 e. The lowest BCUT2D eigenvalue weighted by molar-refractivity contribution is -0.169. The SMILES string of the molecule is CC(NC(=O)c1c(CN2CCN(CCOCCO[C@H]3CCCCO3)C(=O)C2)c(-c2ccccc2)nc2ccc(F)cc12)C1CCCCC1. The summed E-state index contributed by atoms with van der Waals surface area (Å²) < 4.78 is 31.8. The first-order valence-electron chi connectivity index (χ1n) is 17.8. The standard InChI is InChI=1S/C38H49FN4O5/c1-27(28-10-4-2-5-11-28)40-38(45)36-31-24-30(39)15-16-33(31)41-37(29-12-6-3-7-13-29)32(36)25-42-17-18-43(34(44)26-42)19-21-46-22-23-48-35-14-8-9-20-47-35/h3,6-7,12-13,15-16,24,27-28,35H,2,4-5,8-11,14,17-23,25-26H2,1H3,(H,40,45)/t27?,35-/m0/s1. The Kier molecular flexibility index (Phi) is 12.0. The molecular formula is C38H49FN4O5. The average Bonchev–Trinajstić information content (AvgIpc) is 3.11. The maximum atomic E-state index is 14.8. The highest BCUT2D eigenvalue weighted by molar-refractivity contribution is 6.09. The van der Waals surface area contributed by atoms with Crippen LogP contribution in [-0.4, -0.2) is 91.5 Å². The molecule has 3 aromatic rings. The number of pyridine rings is 1. The summed E-state index contributed by atoms with van der Waals surface area (Å²) >= 11 is 0. The summed E-state index contributed by atoms with van der Waals surface area (Å²) in [5.74, 6) is -0.219. The van der Waals surface area contributed by atoms with Gasteiger partial charge in [0.15, 0.2) is 6.29 Å². The molecular weight excluding hydrogens is 611 g/mol. The van der Waals surface area contributed by atoms with E-state index >= 15 is 0 Å². The molecule has 1 saturated carbocycles. The lowest BCUT2D eigenvalue weighted by Crippen LogP contribution is -2.51. The summed E-state index contributed by atoms with van der Waals surface area (Å²) in [7, 11) is 0. The Hall–Kier alpha value is -3.44. The number of ether oxygens (including phenoxy) is 3. The van der Waals surface area contributed by atoms with E-state index in [1.807, 2.05) is 35.2 Å². The van der Waals surface area contributed by atoms with Crippen LogP contribution in [-0.2, 0) is 25.5 Å². The largest absolute Gasteiger partial charge is 0.377 e. The van der Waals surface area contributed by atoms with Crippen LogP contribution in [0, 0.1) is 11.7 Å². The van der Waals surface area contributed by atoms with Gasteiger partial charge in [0.1, 0.15) is 5.82 Å². The summed E-state index contributed by atoms with van der Waals surface area (Å²) in [6, 6.07) is 14.2. The molecule has 1 N–H and O–H groups in total. The monoisotopic (exact) mass is 660 g/mol. The minimum atomic E-state index is -0.419. The molecule has 10 heteroatoms. The number of aromatic nitrogens is 1. The fourth-order valence-corrected chi connectivity index (χ4v) is 7.26. The highest BCUT2D eigenvalue weighted by Crippen LogP contribution is 2.33. The number of carbonyl (C=O) groups is 2. The Morgan fingerprint density at radius 3 is 2.60 bits per heavy atom. The van der Waals surface area contributed by atoms with Gasteiger partial charge in [0, 0.05) is 55.3 Å². The molecule has 258 valence electrons. The molecule has 3 fully saturated rings. The predicted molar refractivity (Wildman–Crippen MR) is 183 cm³/mol. The second-order valence-corrected chi connectivity index (χ2v) is 13.4. The van der Waals surface area contributed by atoms with Gasteiger partial charge >= 0.3 is 0 Å². The predicted octanol–water partition coefficient (Wildman–Crippen LogP) is 5.94. The molecule has 1 aromatic heterocycles. The second-order valence-electron chi connectivity index (χ2n) is 13.4. The molecule has 2 amide bonds. The minimum Gasteiger partial charge on any atom is -0.377 e. The van der Waals surface area contributed by atoms with Crippen LogP contribution in [0.3, 0.4) is 0 Å². The van der Waals surface area contributed by atoms with Crippen LogP contribution in [0.15, 0.2) is 48.5 Å². The van der Waals surface area contributed by atoms with Crippen molar-refractivity contribution in [2.75, 3.05) is 52.6 Å². The molecule has 48 heavy (non-hydrogen) atoms. The Balaban J connectivity index is 1.17. The van der Waals surface area contributed by atoms with Crippen LogP contribution in [0.4, 0.5) is 4.39 Å². The van der Waals surface area contributed by atoms with Crippen molar-refractivity contribution in [3.63, 3.8) is 0 Å². The topological polar surface area (TPSA) is 93.2 Å². The fraction of sp³-hybridized carbons (Fsp3) is 0.553. The lowest BCUT2D eigenvalue weighted by Gasteiger charge is -2.35. The Labute approximate surface area is 283 Å². The number of hydrogen-bond donors (Lipinski definition) is 1. The van der Waals surface area contributed by atoms with Crippen molar-refractivity contribution in [2.45, 2.75) is 77.2 Å². The summed E-state index contributed by atoms with van der Waals surface area (Å²) in [4.78, 5) is 36.5. The number of hydrogen-bond acceptors (Lipinski definition) is 7. The minimum absolute atomic E-state index is 0.00896. The second kappa shape index (κ2) is 16.8. The molecule has 3 aliphatic rings. The summed E-state index contributed by atoms with van der Waals surface area (Å²) in [6.45, 7) is 6.40. The van der Waals surface area contributed by atoms with Crippen molar-refractivity contribution in [3.8, 4) is 11.3 Å². The van der Waals surface area contributed by atoms with Crippen LogP contribution in [0.1, 0.15) is 74.2 Å². The van der Waals surface area contributed by atoms with E-state index in [2.05, 4.69) is 17.1 Å². The number of nitrogens with zero attached hydrogens (tertiary/aromatic N) is 3. The van der Waals surface area contributed by atoms with Gasteiger partial charge in [-0.25, -0.2) is 9.37 Å². The zero-order chi connectivity index (χ0) is 33.3. The maximum absolute atomic E-state index is 14.8. The number of rotatable bonds is 13. The van der Waals surface area contributed by atoms with E-state index in [9.17, 15) is 14.0 Å². The molecule has 9 nitrogen and oxygen atoms in total. The molecule has 1 aliphatic carbocycles. The summed E-state index contributed by atoms with van der Waals surface area (Å²) in [5.41, 5.74) is 3.25. The van der Waals surface area contributed by atoms with Crippen LogP contribution in [0.5, 0.6) is 0 Å². The van der Waals surface area contributed by atoms with E-state index < -0.39 is 5.82 Å². The fourth-order valence-electron chi connectivity index (χ4n) is 7.26. The third-order valence-corrected chi connectivity index (χ3v) is 9.99. The van der Waals surface area contributed by atoms with Crippen LogP contribution < -0.4 is 5.32 Å². The number of amides is 2. The molecule has 6 rings (SSSR count). The Bertz CT molecular complexity index is 1530. The van der Waals surface area contributed by atoms with Crippen LogP contribution >= 0.6 is 0 Å². The van der Waals surface area contributed by atoms with Gasteiger partial charge in [-0.15, -0.1) is 0 Å². The normalized spacial score (nSPS) is 20.2. The summed E-state index contributed by atoms with van der Waals surface area (Å²) in [6.07, 6.45) is 8.76. The molecule has 2 saturated heterocycles. The highest BCUT2D eigenvalue weighted by atomic mass is 19.1. The van der Waals surface area contributed by atoms with Gasteiger partial charge in [0.05, 0.1) is 43.1 Å². The zero-order valence-electron chi connectivity index (χ0n) is 28.1. The molecule has 0 bridgehead atoms. The number of halogens is 1. The molecule has 0 radical (unpaired) electrons. The summed E-state index contributed by atoms with van der Waals surface area (Å²) in [5, 5.41) is 3.78. The number of benzene rings is 2. The number of fused-ring (bicyclic) bond motifs is 1. The third-order valence-electron chi connectivity index (χ3n) is 9.99. The van der Waals surface area contributed by atoms with Gasteiger partial charge in [-0.3, -0.25) is 14.5 Å². The third kappa shape index (κ3) is 8.77.